The molecule has 0 spiro atoms. The SMILES string of the molecule is O=C=C1C=CC=CC1SSC1C=CC=CC1=C=O. The van der Waals surface area contributed by atoms with Gasteiger partial charge in [-0.15, -0.1) is 0 Å². The molecule has 0 bridgehead atoms. The average molecular weight is 274 g/mol. The molecular formula is C14H10O2S2. The molecule has 0 aromatic rings. The smallest absolute Gasteiger partial charge is 0.129 e. The van der Waals surface area contributed by atoms with Gasteiger partial charge in [-0.05, 0) is 12.2 Å². The molecule has 0 saturated heterocycles. The van der Waals surface area contributed by atoms with Crippen LogP contribution in [0.25, 0.3) is 0 Å². The van der Waals surface area contributed by atoms with Gasteiger partial charge in [-0.25, -0.2) is 9.59 Å². The molecule has 90 valence electrons. The van der Waals surface area contributed by atoms with Crippen molar-refractivity contribution in [3.63, 3.8) is 0 Å². The van der Waals surface area contributed by atoms with Crippen LogP contribution < -0.4 is 0 Å². The maximum atomic E-state index is 10.8. The van der Waals surface area contributed by atoms with E-state index in [2.05, 4.69) is 0 Å². The van der Waals surface area contributed by atoms with Gasteiger partial charge in [0.05, 0.1) is 21.6 Å². The Morgan fingerprint density at radius 1 is 0.778 bits per heavy atom. The molecule has 0 amide bonds. The molecule has 18 heavy (non-hydrogen) atoms. The predicted octanol–water partition coefficient (Wildman–Crippen LogP) is 2.87. The van der Waals surface area contributed by atoms with Gasteiger partial charge < -0.3 is 0 Å². The Balaban J connectivity index is 2.00. The Kier molecular flexibility index (Phi) is 4.68. The highest BCUT2D eigenvalue weighted by atomic mass is 33.1. The highest BCUT2D eigenvalue weighted by Crippen LogP contribution is 2.39. The van der Waals surface area contributed by atoms with Gasteiger partial charge in [0.25, 0.3) is 0 Å². The minimum atomic E-state index is -0.00953. The lowest BCUT2D eigenvalue weighted by molar-refractivity contribution is 0.566. The molecule has 0 saturated carbocycles. The molecule has 2 aliphatic rings. The van der Waals surface area contributed by atoms with Gasteiger partial charge in [0, 0.05) is 0 Å². The molecule has 0 aliphatic heterocycles. The Labute approximate surface area is 113 Å². The number of carbonyl (C=O) groups excluding carboxylic acids is 2. The van der Waals surface area contributed by atoms with Crippen LogP contribution in [0.3, 0.4) is 0 Å². The van der Waals surface area contributed by atoms with E-state index < -0.39 is 0 Å². The fraction of sp³-hybridized carbons (Fsp3) is 0.143. The van der Waals surface area contributed by atoms with Gasteiger partial charge in [0.1, 0.15) is 11.9 Å². The van der Waals surface area contributed by atoms with Gasteiger partial charge >= 0.3 is 0 Å². The van der Waals surface area contributed by atoms with Crippen LogP contribution in [-0.4, -0.2) is 22.4 Å². The molecule has 2 unspecified atom stereocenters. The molecule has 2 rings (SSSR count). The molecule has 2 nitrogen and oxygen atoms in total. The van der Waals surface area contributed by atoms with Gasteiger partial charge in [0.15, 0.2) is 0 Å². The van der Waals surface area contributed by atoms with E-state index in [1.165, 1.54) is 0 Å². The van der Waals surface area contributed by atoms with Crippen molar-refractivity contribution in [2.45, 2.75) is 10.5 Å². The molecule has 0 fully saturated rings. The molecule has 0 aromatic carbocycles. The summed E-state index contributed by atoms with van der Waals surface area (Å²) in [7, 11) is 3.10. The summed E-state index contributed by atoms with van der Waals surface area (Å²) in [4.78, 5) is 21.6. The van der Waals surface area contributed by atoms with Gasteiger partial charge in [-0.2, -0.15) is 0 Å². The third-order valence-corrected chi connectivity index (χ3v) is 5.38. The quantitative estimate of drug-likeness (QED) is 0.585. The Morgan fingerprint density at radius 3 is 1.61 bits per heavy atom. The van der Waals surface area contributed by atoms with Crippen LogP contribution in [0.5, 0.6) is 0 Å². The fourth-order valence-electron chi connectivity index (χ4n) is 1.52. The second-order valence-corrected chi connectivity index (χ2v) is 6.19. The normalized spacial score (nSPS) is 25.1. The van der Waals surface area contributed by atoms with Crippen LogP contribution in [0.4, 0.5) is 0 Å². The maximum Gasteiger partial charge on any atom is 0.129 e. The predicted molar refractivity (Wildman–Crippen MR) is 77.7 cm³/mol. The highest BCUT2D eigenvalue weighted by Gasteiger charge is 2.19. The van der Waals surface area contributed by atoms with Crippen LogP contribution in [0.1, 0.15) is 0 Å². The molecule has 0 aromatic heterocycles. The summed E-state index contributed by atoms with van der Waals surface area (Å²) in [6.45, 7) is 0. The van der Waals surface area contributed by atoms with Gasteiger partial charge in [0.2, 0.25) is 0 Å². The van der Waals surface area contributed by atoms with Crippen molar-refractivity contribution in [2.24, 2.45) is 0 Å². The van der Waals surface area contributed by atoms with Crippen molar-refractivity contribution in [1.82, 2.24) is 0 Å². The van der Waals surface area contributed by atoms with Crippen LogP contribution in [0.15, 0.2) is 59.8 Å². The van der Waals surface area contributed by atoms with Crippen molar-refractivity contribution in [3.8, 4) is 0 Å². The van der Waals surface area contributed by atoms with E-state index in [-0.39, 0.29) is 10.5 Å². The zero-order chi connectivity index (χ0) is 12.8. The number of hydrogen-bond donors (Lipinski definition) is 0. The lowest BCUT2D eigenvalue weighted by atomic mass is 10.1. The van der Waals surface area contributed by atoms with Gasteiger partial charge in [-0.1, -0.05) is 58.0 Å². The maximum absolute atomic E-state index is 10.8. The number of hydrogen-bond acceptors (Lipinski definition) is 4. The highest BCUT2D eigenvalue weighted by molar-refractivity contribution is 8.77. The summed E-state index contributed by atoms with van der Waals surface area (Å²) in [5.41, 5.74) is 1.25. The monoisotopic (exact) mass is 274 g/mol. The molecule has 4 heteroatoms. The Hall–Kier alpha value is -1.44. The summed E-state index contributed by atoms with van der Waals surface area (Å²) in [5.74, 6) is 3.89. The largest absolute Gasteiger partial charge is 0.233 e. The number of allylic oxidation sites excluding steroid dienone is 6. The van der Waals surface area contributed by atoms with Crippen molar-refractivity contribution in [1.29, 1.82) is 0 Å². The molecular weight excluding hydrogens is 264 g/mol. The fourth-order valence-corrected chi connectivity index (χ4v) is 4.25. The van der Waals surface area contributed by atoms with Crippen molar-refractivity contribution >= 4 is 33.5 Å². The van der Waals surface area contributed by atoms with Crippen molar-refractivity contribution in [2.75, 3.05) is 0 Å². The first-order chi connectivity index (χ1) is 8.85. The van der Waals surface area contributed by atoms with E-state index in [4.69, 9.17) is 0 Å². The summed E-state index contributed by atoms with van der Waals surface area (Å²) in [5, 5.41) is -0.0191. The molecule has 0 heterocycles. The molecule has 2 aliphatic carbocycles. The van der Waals surface area contributed by atoms with E-state index in [1.807, 2.05) is 48.3 Å². The van der Waals surface area contributed by atoms with E-state index >= 15 is 0 Å². The minimum absolute atomic E-state index is 0.00953. The first-order valence-corrected chi connectivity index (χ1v) is 7.64. The van der Waals surface area contributed by atoms with Crippen LogP contribution in [0.2, 0.25) is 0 Å². The third kappa shape index (κ3) is 3.06. The Morgan fingerprint density at radius 2 is 1.22 bits per heavy atom. The van der Waals surface area contributed by atoms with E-state index in [0.29, 0.717) is 11.1 Å². The van der Waals surface area contributed by atoms with E-state index in [9.17, 15) is 9.59 Å². The van der Waals surface area contributed by atoms with Crippen molar-refractivity contribution < 1.29 is 9.59 Å². The molecule has 0 N–H and O–H groups in total. The minimum Gasteiger partial charge on any atom is -0.233 e. The third-order valence-electron chi connectivity index (χ3n) is 2.46. The van der Waals surface area contributed by atoms with E-state index in [1.54, 1.807) is 33.7 Å². The standard InChI is InChI=1S/C14H10O2S2/c15-9-11-5-1-3-7-13(11)17-18-14-8-4-2-6-12(14)10-16/h1-8,13-14H. The Bertz CT molecular complexity index is 492. The van der Waals surface area contributed by atoms with Crippen LogP contribution >= 0.6 is 21.6 Å². The zero-order valence-electron chi connectivity index (χ0n) is 9.41. The summed E-state index contributed by atoms with van der Waals surface area (Å²) in [6.07, 6.45) is 14.9. The van der Waals surface area contributed by atoms with Crippen LogP contribution in [-0.2, 0) is 9.59 Å². The second-order valence-electron chi connectivity index (χ2n) is 3.64. The van der Waals surface area contributed by atoms with E-state index in [0.717, 1.165) is 0 Å². The summed E-state index contributed by atoms with van der Waals surface area (Å²) >= 11 is 0. The zero-order valence-corrected chi connectivity index (χ0v) is 11.0. The summed E-state index contributed by atoms with van der Waals surface area (Å²) in [6, 6.07) is 0. The van der Waals surface area contributed by atoms with Crippen molar-refractivity contribution in [3.05, 3.63) is 59.8 Å². The topological polar surface area (TPSA) is 34.1 Å². The average Bonchev–Trinajstić information content (AvgIpc) is 2.45. The lowest BCUT2D eigenvalue weighted by Gasteiger charge is -2.17. The molecule has 0 radical (unpaired) electrons. The lowest BCUT2D eigenvalue weighted by Crippen LogP contribution is -2.07. The molecule has 2 atom stereocenters. The first kappa shape index (κ1) is 13.0. The number of rotatable bonds is 3. The summed E-state index contributed by atoms with van der Waals surface area (Å²) < 4.78 is 0. The van der Waals surface area contributed by atoms with Gasteiger partial charge in [-0.3, -0.25) is 0 Å². The van der Waals surface area contributed by atoms with Crippen LogP contribution in [0, 0.1) is 0 Å². The first-order valence-electron chi connectivity index (χ1n) is 5.37. The second kappa shape index (κ2) is 6.48.